The maximum atomic E-state index is 5.83. The lowest BCUT2D eigenvalue weighted by atomic mass is 9.91. The van der Waals surface area contributed by atoms with E-state index in [1.165, 1.54) is 73.0 Å². The Balaban J connectivity index is 1.51. The van der Waals surface area contributed by atoms with Crippen molar-refractivity contribution < 1.29 is 4.42 Å². The van der Waals surface area contributed by atoms with Gasteiger partial charge in [-0.2, -0.15) is 0 Å². The number of hydrogen-bond donors (Lipinski definition) is 0. The van der Waals surface area contributed by atoms with Crippen molar-refractivity contribution in [1.29, 1.82) is 0 Å². The van der Waals surface area contributed by atoms with Crippen LogP contribution in [0.25, 0.3) is 84.0 Å². The quantitative estimate of drug-likeness (QED) is 0.202. The normalized spacial score (nSPS) is 12.3. The van der Waals surface area contributed by atoms with Gasteiger partial charge < -0.3 is 4.42 Å². The molecule has 0 radical (unpaired) electrons. The zero-order valence-electron chi connectivity index (χ0n) is 19.6. The summed E-state index contributed by atoms with van der Waals surface area (Å²) in [5.74, 6) is 0. The van der Waals surface area contributed by atoms with Gasteiger partial charge in [0.2, 0.25) is 0 Å². The van der Waals surface area contributed by atoms with Crippen LogP contribution in [0, 0.1) is 0 Å². The molecule has 9 aromatic rings. The van der Waals surface area contributed by atoms with Crippen LogP contribution in [0.4, 0.5) is 0 Å². The summed E-state index contributed by atoms with van der Waals surface area (Å²) in [4.78, 5) is 0. The fraction of sp³-hybridized carbons (Fsp3) is 0. The standard InChI is InChI=1S/C34H18OS2/c1-3-10-30-21(6-1)24-8-5-9-25(33(24)36-30)28-17-20-18-29-19(14-15-35-29)16-27(20)32-23(28)12-13-26-22-7-2-4-11-31(22)37-34(26)32/h1-18H. The van der Waals surface area contributed by atoms with E-state index in [1.807, 2.05) is 22.7 Å². The topological polar surface area (TPSA) is 13.1 Å². The van der Waals surface area contributed by atoms with Gasteiger partial charge in [-0.05, 0) is 58.1 Å². The molecular weight excluding hydrogens is 489 g/mol. The highest BCUT2D eigenvalue weighted by Gasteiger charge is 2.18. The van der Waals surface area contributed by atoms with E-state index in [4.69, 9.17) is 4.42 Å². The Morgan fingerprint density at radius 3 is 2.00 bits per heavy atom. The molecule has 0 bridgehead atoms. The first-order valence-electron chi connectivity index (χ1n) is 12.4. The summed E-state index contributed by atoms with van der Waals surface area (Å²) in [6.45, 7) is 0. The minimum atomic E-state index is 0.932. The molecule has 0 unspecified atom stereocenters. The smallest absolute Gasteiger partial charge is 0.134 e. The fourth-order valence-electron chi connectivity index (χ4n) is 6.06. The summed E-state index contributed by atoms with van der Waals surface area (Å²) in [5.41, 5.74) is 3.51. The molecule has 0 amide bonds. The molecule has 3 heterocycles. The summed E-state index contributed by atoms with van der Waals surface area (Å²) in [6, 6.07) is 37.9. The van der Waals surface area contributed by atoms with E-state index < -0.39 is 0 Å². The van der Waals surface area contributed by atoms with Gasteiger partial charge in [-0.25, -0.2) is 0 Å². The number of hydrogen-bond acceptors (Lipinski definition) is 3. The summed E-state index contributed by atoms with van der Waals surface area (Å²) >= 11 is 3.80. The van der Waals surface area contributed by atoms with Gasteiger partial charge >= 0.3 is 0 Å². The molecule has 0 aliphatic heterocycles. The van der Waals surface area contributed by atoms with Crippen molar-refractivity contribution in [2.45, 2.75) is 0 Å². The molecule has 0 aliphatic carbocycles. The summed E-state index contributed by atoms with van der Waals surface area (Å²) in [6.07, 6.45) is 1.79. The Morgan fingerprint density at radius 2 is 1.16 bits per heavy atom. The zero-order valence-corrected chi connectivity index (χ0v) is 21.3. The molecule has 0 aliphatic rings. The highest BCUT2D eigenvalue weighted by Crippen LogP contribution is 2.47. The molecule has 6 aromatic carbocycles. The maximum absolute atomic E-state index is 5.83. The van der Waals surface area contributed by atoms with Crippen LogP contribution in [-0.4, -0.2) is 0 Å². The molecular formula is C34H18OS2. The minimum Gasteiger partial charge on any atom is -0.464 e. The third-order valence-corrected chi connectivity index (χ3v) is 10.1. The summed E-state index contributed by atoms with van der Waals surface area (Å²) in [7, 11) is 0. The number of fused-ring (bicyclic) bond motifs is 11. The average molecular weight is 507 g/mol. The zero-order chi connectivity index (χ0) is 24.1. The second kappa shape index (κ2) is 7.19. The lowest BCUT2D eigenvalue weighted by molar-refractivity contribution is 0.616. The second-order valence-corrected chi connectivity index (χ2v) is 11.8. The fourth-order valence-corrected chi connectivity index (χ4v) is 8.55. The van der Waals surface area contributed by atoms with Crippen molar-refractivity contribution in [3.63, 3.8) is 0 Å². The van der Waals surface area contributed by atoms with Crippen molar-refractivity contribution in [1.82, 2.24) is 0 Å². The van der Waals surface area contributed by atoms with Crippen LogP contribution in [0.2, 0.25) is 0 Å². The number of furan rings is 1. The van der Waals surface area contributed by atoms with E-state index >= 15 is 0 Å². The van der Waals surface area contributed by atoms with Crippen LogP contribution in [0.3, 0.4) is 0 Å². The highest BCUT2D eigenvalue weighted by molar-refractivity contribution is 7.27. The lowest BCUT2D eigenvalue weighted by Gasteiger charge is -2.13. The Hall–Kier alpha value is -4.18. The van der Waals surface area contributed by atoms with Crippen LogP contribution in [0.5, 0.6) is 0 Å². The first-order chi connectivity index (χ1) is 18.3. The Labute approximate surface area is 219 Å². The third-order valence-electron chi connectivity index (χ3n) is 7.73. The van der Waals surface area contributed by atoms with Crippen molar-refractivity contribution in [3.05, 3.63) is 109 Å². The second-order valence-electron chi connectivity index (χ2n) is 9.70. The largest absolute Gasteiger partial charge is 0.464 e. The molecule has 0 N–H and O–H groups in total. The number of benzene rings is 6. The van der Waals surface area contributed by atoms with E-state index in [-0.39, 0.29) is 0 Å². The van der Waals surface area contributed by atoms with Gasteiger partial charge in [-0.1, -0.05) is 66.7 Å². The molecule has 172 valence electrons. The van der Waals surface area contributed by atoms with Crippen LogP contribution >= 0.6 is 22.7 Å². The molecule has 0 fully saturated rings. The Kier molecular flexibility index (Phi) is 3.88. The average Bonchev–Trinajstić information content (AvgIpc) is 3.65. The Morgan fingerprint density at radius 1 is 0.459 bits per heavy atom. The van der Waals surface area contributed by atoms with E-state index in [1.54, 1.807) is 6.26 Å². The minimum absolute atomic E-state index is 0.932. The van der Waals surface area contributed by atoms with Crippen molar-refractivity contribution >= 4 is 95.5 Å². The molecule has 1 nitrogen and oxygen atoms in total. The molecule has 0 atom stereocenters. The highest BCUT2D eigenvalue weighted by atomic mass is 32.1. The summed E-state index contributed by atoms with van der Waals surface area (Å²) in [5, 5.41) is 11.6. The van der Waals surface area contributed by atoms with E-state index in [0.717, 1.165) is 11.0 Å². The van der Waals surface area contributed by atoms with Gasteiger partial charge in [-0.3, -0.25) is 0 Å². The third kappa shape index (κ3) is 2.68. The van der Waals surface area contributed by atoms with Gasteiger partial charge in [0.1, 0.15) is 5.58 Å². The number of rotatable bonds is 1. The van der Waals surface area contributed by atoms with Gasteiger partial charge in [0.25, 0.3) is 0 Å². The number of thiophene rings is 2. The lowest BCUT2D eigenvalue weighted by Crippen LogP contribution is -1.86. The molecule has 0 spiro atoms. The monoisotopic (exact) mass is 506 g/mol. The first-order valence-corrected chi connectivity index (χ1v) is 14.1. The molecule has 0 saturated heterocycles. The van der Waals surface area contributed by atoms with Crippen LogP contribution < -0.4 is 0 Å². The van der Waals surface area contributed by atoms with Crippen molar-refractivity contribution in [3.8, 4) is 11.1 Å². The SMILES string of the molecule is c1ccc2c(c1)sc1c(-c3cc4cc5occc5cc4c4c3ccc3c5ccccc5sc34)cccc12. The van der Waals surface area contributed by atoms with Gasteiger partial charge in [-0.15, -0.1) is 22.7 Å². The summed E-state index contributed by atoms with van der Waals surface area (Å²) < 4.78 is 11.2. The molecule has 3 aromatic heterocycles. The van der Waals surface area contributed by atoms with Crippen molar-refractivity contribution in [2.75, 3.05) is 0 Å². The van der Waals surface area contributed by atoms with Gasteiger partial charge in [0.15, 0.2) is 0 Å². The van der Waals surface area contributed by atoms with E-state index in [2.05, 4.69) is 103 Å². The maximum Gasteiger partial charge on any atom is 0.134 e. The van der Waals surface area contributed by atoms with Crippen LogP contribution in [0.15, 0.2) is 114 Å². The van der Waals surface area contributed by atoms with Crippen molar-refractivity contribution in [2.24, 2.45) is 0 Å². The van der Waals surface area contributed by atoms with E-state index in [9.17, 15) is 0 Å². The predicted molar refractivity (Wildman–Crippen MR) is 162 cm³/mol. The first kappa shape index (κ1) is 19.9. The molecule has 0 saturated carbocycles. The van der Waals surface area contributed by atoms with Crippen LogP contribution in [-0.2, 0) is 0 Å². The predicted octanol–water partition coefficient (Wildman–Crippen LogP) is 11.1. The molecule has 3 heteroatoms. The molecule has 37 heavy (non-hydrogen) atoms. The molecule has 9 rings (SSSR count). The van der Waals surface area contributed by atoms with Gasteiger partial charge in [0, 0.05) is 56.7 Å². The van der Waals surface area contributed by atoms with Gasteiger partial charge in [0.05, 0.1) is 6.26 Å². The van der Waals surface area contributed by atoms with Crippen LogP contribution in [0.1, 0.15) is 0 Å². The van der Waals surface area contributed by atoms with E-state index in [0.29, 0.717) is 0 Å². The Bertz CT molecular complexity index is 2360.